The van der Waals surface area contributed by atoms with Gasteiger partial charge in [-0.3, -0.25) is 14.6 Å². The molecule has 1 aliphatic rings. The van der Waals surface area contributed by atoms with Crippen molar-refractivity contribution in [1.82, 2.24) is 9.80 Å². The van der Waals surface area contributed by atoms with E-state index >= 15 is 0 Å². The highest BCUT2D eigenvalue weighted by molar-refractivity contribution is 5.94. The average molecular weight is 290 g/mol. The highest BCUT2D eigenvalue weighted by atomic mass is 16.2. The SMILES string of the molecule is CC(C)N1CCN(C(C)C(=O)Nc2ccc(N)cc2)CC1. The number of amides is 1. The van der Waals surface area contributed by atoms with Gasteiger partial charge >= 0.3 is 0 Å². The fourth-order valence-electron chi connectivity index (χ4n) is 2.62. The highest BCUT2D eigenvalue weighted by Gasteiger charge is 2.26. The quantitative estimate of drug-likeness (QED) is 0.827. The molecule has 1 aromatic carbocycles. The summed E-state index contributed by atoms with van der Waals surface area (Å²) in [6, 6.07) is 7.71. The molecule has 0 spiro atoms. The predicted octanol–water partition coefficient (Wildman–Crippen LogP) is 1.62. The Balaban J connectivity index is 1.87. The molecule has 0 aromatic heterocycles. The van der Waals surface area contributed by atoms with Gasteiger partial charge in [-0.2, -0.15) is 0 Å². The minimum Gasteiger partial charge on any atom is -0.399 e. The molecule has 2 rings (SSSR count). The lowest BCUT2D eigenvalue weighted by molar-refractivity contribution is -0.121. The van der Waals surface area contributed by atoms with E-state index in [0.717, 1.165) is 31.9 Å². The van der Waals surface area contributed by atoms with E-state index in [1.807, 2.05) is 19.1 Å². The summed E-state index contributed by atoms with van der Waals surface area (Å²) < 4.78 is 0. The molecule has 0 saturated carbocycles. The molecule has 1 unspecified atom stereocenters. The van der Waals surface area contributed by atoms with Crippen molar-refractivity contribution >= 4 is 17.3 Å². The smallest absolute Gasteiger partial charge is 0.241 e. The molecular weight excluding hydrogens is 264 g/mol. The van der Waals surface area contributed by atoms with E-state index in [9.17, 15) is 4.79 Å². The number of hydrogen-bond donors (Lipinski definition) is 2. The topological polar surface area (TPSA) is 61.6 Å². The van der Waals surface area contributed by atoms with Gasteiger partial charge in [0.15, 0.2) is 0 Å². The number of nitrogen functional groups attached to an aromatic ring is 1. The monoisotopic (exact) mass is 290 g/mol. The van der Waals surface area contributed by atoms with Crippen molar-refractivity contribution < 1.29 is 4.79 Å². The molecule has 0 bridgehead atoms. The van der Waals surface area contributed by atoms with Crippen LogP contribution in [0.1, 0.15) is 20.8 Å². The first-order valence-electron chi connectivity index (χ1n) is 7.62. The zero-order valence-corrected chi connectivity index (χ0v) is 13.2. The van der Waals surface area contributed by atoms with Gasteiger partial charge in [-0.25, -0.2) is 0 Å². The fraction of sp³-hybridized carbons (Fsp3) is 0.562. The molecular formula is C16H26N4O. The number of nitrogens with one attached hydrogen (secondary N) is 1. The van der Waals surface area contributed by atoms with Gasteiger partial charge in [0.05, 0.1) is 6.04 Å². The Labute approximate surface area is 127 Å². The minimum absolute atomic E-state index is 0.0396. The van der Waals surface area contributed by atoms with E-state index < -0.39 is 0 Å². The van der Waals surface area contributed by atoms with Crippen LogP contribution in [0, 0.1) is 0 Å². The van der Waals surface area contributed by atoms with E-state index in [2.05, 4.69) is 29.0 Å². The molecule has 5 heteroatoms. The third-order valence-corrected chi connectivity index (χ3v) is 4.18. The van der Waals surface area contributed by atoms with Gasteiger partial charge in [0, 0.05) is 43.6 Å². The Morgan fingerprint density at radius 1 is 1.05 bits per heavy atom. The molecule has 1 atom stereocenters. The van der Waals surface area contributed by atoms with E-state index in [4.69, 9.17) is 5.73 Å². The first kappa shape index (κ1) is 15.8. The number of piperazine rings is 1. The van der Waals surface area contributed by atoms with Gasteiger partial charge in [-0.05, 0) is 45.0 Å². The first-order chi connectivity index (χ1) is 9.97. The van der Waals surface area contributed by atoms with Crippen molar-refractivity contribution in [3.8, 4) is 0 Å². The molecule has 1 heterocycles. The average Bonchev–Trinajstić information content (AvgIpc) is 2.49. The zero-order valence-electron chi connectivity index (χ0n) is 13.2. The summed E-state index contributed by atoms with van der Waals surface area (Å²) in [5.41, 5.74) is 7.14. The molecule has 1 aliphatic heterocycles. The van der Waals surface area contributed by atoms with E-state index in [1.54, 1.807) is 12.1 Å². The zero-order chi connectivity index (χ0) is 15.4. The molecule has 0 radical (unpaired) electrons. The van der Waals surface area contributed by atoms with Crippen molar-refractivity contribution in [3.05, 3.63) is 24.3 Å². The van der Waals surface area contributed by atoms with Crippen LogP contribution in [0.5, 0.6) is 0 Å². The number of nitrogens with zero attached hydrogens (tertiary/aromatic N) is 2. The summed E-state index contributed by atoms with van der Waals surface area (Å²) in [4.78, 5) is 17.0. The van der Waals surface area contributed by atoms with Crippen molar-refractivity contribution in [2.24, 2.45) is 0 Å². The molecule has 3 N–H and O–H groups in total. The summed E-state index contributed by atoms with van der Waals surface area (Å²) in [5, 5.41) is 2.95. The van der Waals surface area contributed by atoms with Crippen molar-refractivity contribution in [2.75, 3.05) is 37.2 Å². The number of carbonyl (C=O) groups excluding carboxylic acids is 1. The van der Waals surface area contributed by atoms with Crippen LogP contribution in [0.15, 0.2) is 24.3 Å². The molecule has 0 aliphatic carbocycles. The van der Waals surface area contributed by atoms with Crippen LogP contribution in [0.4, 0.5) is 11.4 Å². The Morgan fingerprint density at radius 2 is 1.57 bits per heavy atom. The minimum atomic E-state index is -0.114. The number of carbonyl (C=O) groups is 1. The number of rotatable bonds is 4. The van der Waals surface area contributed by atoms with Gasteiger partial charge in [-0.15, -0.1) is 0 Å². The standard InChI is InChI=1S/C16H26N4O/c1-12(2)19-8-10-20(11-9-19)13(3)16(21)18-15-6-4-14(17)5-7-15/h4-7,12-13H,8-11,17H2,1-3H3,(H,18,21). The maximum atomic E-state index is 12.3. The second-order valence-electron chi connectivity index (χ2n) is 5.95. The summed E-state index contributed by atoms with van der Waals surface area (Å²) in [6.45, 7) is 10.3. The maximum absolute atomic E-state index is 12.3. The Hall–Kier alpha value is -1.59. The van der Waals surface area contributed by atoms with Crippen LogP contribution >= 0.6 is 0 Å². The molecule has 1 aromatic rings. The number of benzene rings is 1. The van der Waals surface area contributed by atoms with Crippen molar-refractivity contribution in [2.45, 2.75) is 32.9 Å². The highest BCUT2D eigenvalue weighted by Crippen LogP contribution is 2.13. The Bertz CT molecular complexity index is 464. The third kappa shape index (κ3) is 4.19. The maximum Gasteiger partial charge on any atom is 0.241 e. The molecule has 5 nitrogen and oxygen atoms in total. The molecule has 1 saturated heterocycles. The van der Waals surface area contributed by atoms with Crippen LogP contribution in [-0.2, 0) is 4.79 Å². The predicted molar refractivity (Wildman–Crippen MR) is 87.2 cm³/mol. The van der Waals surface area contributed by atoms with Crippen molar-refractivity contribution in [3.63, 3.8) is 0 Å². The number of anilines is 2. The number of hydrogen-bond acceptors (Lipinski definition) is 4. The van der Waals surface area contributed by atoms with Crippen LogP contribution in [0.2, 0.25) is 0 Å². The van der Waals surface area contributed by atoms with E-state index in [-0.39, 0.29) is 11.9 Å². The fourth-order valence-corrected chi connectivity index (χ4v) is 2.62. The van der Waals surface area contributed by atoms with Crippen LogP contribution in [0.3, 0.4) is 0 Å². The lowest BCUT2D eigenvalue weighted by Gasteiger charge is -2.39. The molecule has 21 heavy (non-hydrogen) atoms. The normalized spacial score (nSPS) is 18.7. The number of nitrogens with two attached hydrogens (primary N) is 1. The molecule has 1 amide bonds. The van der Waals surface area contributed by atoms with Gasteiger partial charge in [0.1, 0.15) is 0 Å². The van der Waals surface area contributed by atoms with Crippen molar-refractivity contribution in [1.29, 1.82) is 0 Å². The largest absolute Gasteiger partial charge is 0.399 e. The van der Waals surface area contributed by atoms with E-state index in [0.29, 0.717) is 11.7 Å². The first-order valence-corrected chi connectivity index (χ1v) is 7.62. The Morgan fingerprint density at radius 3 is 2.10 bits per heavy atom. The van der Waals surface area contributed by atoms with Crippen LogP contribution < -0.4 is 11.1 Å². The third-order valence-electron chi connectivity index (χ3n) is 4.18. The van der Waals surface area contributed by atoms with E-state index in [1.165, 1.54) is 0 Å². The van der Waals surface area contributed by atoms with Gasteiger partial charge in [0.25, 0.3) is 0 Å². The second-order valence-corrected chi connectivity index (χ2v) is 5.95. The van der Waals surface area contributed by atoms with Gasteiger partial charge in [-0.1, -0.05) is 0 Å². The van der Waals surface area contributed by atoms with Crippen LogP contribution in [0.25, 0.3) is 0 Å². The van der Waals surface area contributed by atoms with Crippen LogP contribution in [-0.4, -0.2) is 54.0 Å². The van der Waals surface area contributed by atoms with Gasteiger partial charge < -0.3 is 11.1 Å². The lowest BCUT2D eigenvalue weighted by Crippen LogP contribution is -2.54. The Kier molecular flexibility index (Phi) is 5.20. The molecule has 116 valence electrons. The summed E-state index contributed by atoms with van der Waals surface area (Å²) in [5.74, 6) is 0.0396. The molecule has 1 fully saturated rings. The summed E-state index contributed by atoms with van der Waals surface area (Å²) >= 11 is 0. The summed E-state index contributed by atoms with van der Waals surface area (Å²) in [6.07, 6.45) is 0. The lowest BCUT2D eigenvalue weighted by atomic mass is 10.2. The van der Waals surface area contributed by atoms with Gasteiger partial charge in [0.2, 0.25) is 5.91 Å². The second kappa shape index (κ2) is 6.91. The summed E-state index contributed by atoms with van der Waals surface area (Å²) in [7, 11) is 0.